The van der Waals surface area contributed by atoms with Gasteiger partial charge in [0.1, 0.15) is 5.60 Å². The molecule has 1 fully saturated rings. The first-order chi connectivity index (χ1) is 9.33. The maximum atomic E-state index is 11.2. The second-order valence-electron chi connectivity index (χ2n) is 6.30. The highest BCUT2D eigenvalue weighted by atomic mass is 32.2. The molecular weight excluding hydrogens is 268 g/mol. The molecule has 0 aromatic heterocycles. The van der Waals surface area contributed by atoms with Gasteiger partial charge in [-0.05, 0) is 5.56 Å². The van der Waals surface area contributed by atoms with Crippen LogP contribution in [0.2, 0.25) is 0 Å². The Hall–Kier alpha value is -0.770. The lowest BCUT2D eigenvalue weighted by molar-refractivity contribution is -0.0814. The molecule has 1 aromatic carbocycles. The van der Waals surface area contributed by atoms with E-state index in [1.54, 1.807) is 17.8 Å². The zero-order valence-corrected chi connectivity index (χ0v) is 13.2. The first-order valence-corrected chi connectivity index (χ1v) is 8.09. The molecule has 3 heteroatoms. The minimum atomic E-state index is -0.981. The van der Waals surface area contributed by atoms with Gasteiger partial charge in [-0.15, -0.1) is 6.58 Å². The lowest BCUT2D eigenvalue weighted by Gasteiger charge is -2.40. The van der Waals surface area contributed by atoms with E-state index in [1.807, 2.05) is 44.2 Å². The molecule has 0 bridgehead atoms. The summed E-state index contributed by atoms with van der Waals surface area (Å²) in [4.78, 5) is 0. The van der Waals surface area contributed by atoms with Crippen molar-refractivity contribution in [2.24, 2.45) is 11.3 Å². The summed E-state index contributed by atoms with van der Waals surface area (Å²) < 4.78 is 0. The Bertz CT molecular complexity index is 471. The summed E-state index contributed by atoms with van der Waals surface area (Å²) in [5, 5.41) is 22.2. The SMILES string of the molecule is C=CC(C)(C)[C@@H](O)[C@@H]1[C@@H](C)SC[C@@]1(O)c1ccccc1. The molecule has 1 aliphatic heterocycles. The highest BCUT2D eigenvalue weighted by Crippen LogP contribution is 2.50. The first kappa shape index (κ1) is 15.6. The van der Waals surface area contributed by atoms with Crippen molar-refractivity contribution < 1.29 is 10.2 Å². The standard InChI is InChI=1S/C17H24O2S/c1-5-16(3,4)15(18)14-12(2)20-11-17(14,19)13-9-7-6-8-10-13/h5-10,12,14-15,18-19H,1,11H2,2-4H3/t12-,14+,15+,17-/m1/s1. The Balaban J connectivity index is 2.41. The molecule has 0 radical (unpaired) electrons. The van der Waals surface area contributed by atoms with Crippen LogP contribution in [0, 0.1) is 11.3 Å². The van der Waals surface area contributed by atoms with Crippen LogP contribution in [-0.2, 0) is 5.60 Å². The van der Waals surface area contributed by atoms with Crippen molar-refractivity contribution in [2.75, 3.05) is 5.75 Å². The Kier molecular flexibility index (Phi) is 4.33. The topological polar surface area (TPSA) is 40.5 Å². The Morgan fingerprint density at radius 3 is 2.55 bits per heavy atom. The van der Waals surface area contributed by atoms with Gasteiger partial charge < -0.3 is 10.2 Å². The largest absolute Gasteiger partial charge is 0.392 e. The van der Waals surface area contributed by atoms with Crippen LogP contribution in [-0.4, -0.2) is 27.3 Å². The predicted molar refractivity (Wildman–Crippen MR) is 85.7 cm³/mol. The van der Waals surface area contributed by atoms with E-state index in [2.05, 4.69) is 13.5 Å². The molecule has 1 saturated heterocycles. The summed E-state index contributed by atoms with van der Waals surface area (Å²) in [5.41, 5.74) is -0.516. The number of thioether (sulfide) groups is 1. The van der Waals surface area contributed by atoms with Crippen molar-refractivity contribution in [3.8, 4) is 0 Å². The fourth-order valence-corrected chi connectivity index (χ4v) is 4.41. The smallest absolute Gasteiger partial charge is 0.105 e. The van der Waals surface area contributed by atoms with E-state index in [1.165, 1.54) is 0 Å². The zero-order chi connectivity index (χ0) is 15.0. The van der Waals surface area contributed by atoms with E-state index >= 15 is 0 Å². The molecule has 0 unspecified atom stereocenters. The molecule has 0 amide bonds. The Morgan fingerprint density at radius 2 is 2.00 bits per heavy atom. The summed E-state index contributed by atoms with van der Waals surface area (Å²) in [5.74, 6) is 0.413. The molecule has 0 spiro atoms. The van der Waals surface area contributed by atoms with Crippen LogP contribution in [0.1, 0.15) is 26.3 Å². The van der Waals surface area contributed by atoms with E-state index in [9.17, 15) is 10.2 Å². The van der Waals surface area contributed by atoms with Crippen molar-refractivity contribution in [1.29, 1.82) is 0 Å². The number of hydrogen-bond acceptors (Lipinski definition) is 3. The molecule has 20 heavy (non-hydrogen) atoms. The molecule has 2 nitrogen and oxygen atoms in total. The number of aliphatic hydroxyl groups is 2. The summed E-state index contributed by atoms with van der Waals surface area (Å²) in [6, 6.07) is 9.70. The normalized spacial score (nSPS) is 32.0. The third-order valence-corrected chi connectivity index (χ3v) is 5.95. The van der Waals surface area contributed by atoms with Gasteiger partial charge in [-0.1, -0.05) is 57.2 Å². The second-order valence-corrected chi connectivity index (χ2v) is 7.67. The monoisotopic (exact) mass is 292 g/mol. The van der Waals surface area contributed by atoms with Gasteiger partial charge in [0.15, 0.2) is 0 Å². The lowest BCUT2D eigenvalue weighted by Crippen LogP contribution is -2.48. The maximum absolute atomic E-state index is 11.2. The van der Waals surface area contributed by atoms with Crippen molar-refractivity contribution >= 4 is 11.8 Å². The molecule has 0 aliphatic carbocycles. The van der Waals surface area contributed by atoms with Crippen LogP contribution in [0.25, 0.3) is 0 Å². The molecular formula is C17H24O2S. The maximum Gasteiger partial charge on any atom is 0.105 e. The van der Waals surface area contributed by atoms with Gasteiger partial charge >= 0.3 is 0 Å². The van der Waals surface area contributed by atoms with Gasteiger partial charge in [0.2, 0.25) is 0 Å². The number of aliphatic hydroxyl groups excluding tert-OH is 1. The van der Waals surface area contributed by atoms with E-state index in [0.29, 0.717) is 5.75 Å². The molecule has 1 aromatic rings. The fourth-order valence-electron chi connectivity index (χ4n) is 2.95. The van der Waals surface area contributed by atoms with Crippen LogP contribution in [0.5, 0.6) is 0 Å². The summed E-state index contributed by atoms with van der Waals surface area (Å²) in [6.07, 6.45) is 1.15. The van der Waals surface area contributed by atoms with Crippen molar-refractivity contribution in [1.82, 2.24) is 0 Å². The molecule has 1 heterocycles. The predicted octanol–water partition coefficient (Wildman–Crippen LogP) is 3.20. The highest BCUT2D eigenvalue weighted by molar-refractivity contribution is 8.00. The summed E-state index contributed by atoms with van der Waals surface area (Å²) in [7, 11) is 0. The molecule has 4 atom stereocenters. The fraction of sp³-hybridized carbons (Fsp3) is 0.529. The van der Waals surface area contributed by atoms with E-state index < -0.39 is 17.1 Å². The molecule has 0 saturated carbocycles. The average molecular weight is 292 g/mol. The van der Waals surface area contributed by atoms with Crippen LogP contribution in [0.4, 0.5) is 0 Å². The molecule has 2 N–H and O–H groups in total. The van der Waals surface area contributed by atoms with Gasteiger partial charge in [-0.2, -0.15) is 11.8 Å². The lowest BCUT2D eigenvalue weighted by atomic mass is 9.70. The van der Waals surface area contributed by atoms with Crippen LogP contribution in [0.15, 0.2) is 43.0 Å². The Labute approximate surface area is 125 Å². The first-order valence-electron chi connectivity index (χ1n) is 7.04. The van der Waals surface area contributed by atoms with Crippen LogP contribution >= 0.6 is 11.8 Å². The zero-order valence-electron chi connectivity index (χ0n) is 12.4. The minimum Gasteiger partial charge on any atom is -0.392 e. The third-order valence-electron chi connectivity index (χ3n) is 4.53. The number of hydrogen-bond donors (Lipinski definition) is 2. The van der Waals surface area contributed by atoms with Gasteiger partial charge in [-0.25, -0.2) is 0 Å². The van der Waals surface area contributed by atoms with E-state index in [4.69, 9.17) is 0 Å². The average Bonchev–Trinajstić information content (AvgIpc) is 2.76. The van der Waals surface area contributed by atoms with Crippen molar-refractivity contribution in [2.45, 2.75) is 37.7 Å². The quantitative estimate of drug-likeness (QED) is 0.837. The van der Waals surface area contributed by atoms with Crippen LogP contribution in [0.3, 0.4) is 0 Å². The second kappa shape index (κ2) is 5.55. The molecule has 110 valence electrons. The van der Waals surface area contributed by atoms with E-state index in [-0.39, 0.29) is 11.2 Å². The summed E-state index contributed by atoms with van der Waals surface area (Å²) in [6.45, 7) is 9.83. The number of benzene rings is 1. The van der Waals surface area contributed by atoms with Gasteiger partial charge in [0.25, 0.3) is 0 Å². The third kappa shape index (κ3) is 2.54. The van der Waals surface area contributed by atoms with Crippen molar-refractivity contribution in [3.63, 3.8) is 0 Å². The minimum absolute atomic E-state index is 0.203. The number of rotatable bonds is 4. The van der Waals surface area contributed by atoms with Gasteiger partial charge in [-0.3, -0.25) is 0 Å². The molecule has 2 rings (SSSR count). The van der Waals surface area contributed by atoms with Crippen LogP contribution < -0.4 is 0 Å². The molecule has 1 aliphatic rings. The van der Waals surface area contributed by atoms with E-state index in [0.717, 1.165) is 5.56 Å². The van der Waals surface area contributed by atoms with Gasteiger partial charge in [0, 0.05) is 22.3 Å². The highest BCUT2D eigenvalue weighted by Gasteiger charge is 2.53. The van der Waals surface area contributed by atoms with Crippen molar-refractivity contribution in [3.05, 3.63) is 48.6 Å². The summed E-state index contributed by atoms with van der Waals surface area (Å²) >= 11 is 1.72. The Morgan fingerprint density at radius 1 is 1.40 bits per heavy atom. The van der Waals surface area contributed by atoms with Gasteiger partial charge in [0.05, 0.1) is 6.10 Å².